The number of nitrogens with zero attached hydrogens (tertiary/aromatic N) is 2. The molecular formula is C10H15ClN2O. The summed E-state index contributed by atoms with van der Waals surface area (Å²) in [5, 5.41) is 7.85. The van der Waals surface area contributed by atoms with Crippen LogP contribution in [0.25, 0.3) is 0 Å². The molecule has 1 aliphatic rings. The van der Waals surface area contributed by atoms with Gasteiger partial charge in [0.05, 0.1) is 0 Å². The first-order valence-electron chi connectivity index (χ1n) is 5.08. The van der Waals surface area contributed by atoms with Crippen LogP contribution in [0.2, 0.25) is 5.35 Å². The van der Waals surface area contributed by atoms with E-state index in [-0.39, 0.29) is 10.8 Å². The second kappa shape index (κ2) is 3.54. The molecule has 0 aliphatic heterocycles. The molecule has 0 bridgehead atoms. The van der Waals surface area contributed by atoms with Crippen LogP contribution in [0.4, 0.5) is 0 Å². The molecule has 0 spiro atoms. The standard InChI is InChI=1S/C10H15ClN2O/c1-10(2)6-4-3-5-7(10)8-12-13-9(11)14-8/h7H,3-6H2,1-2H3. The molecule has 78 valence electrons. The number of hydrogen-bond acceptors (Lipinski definition) is 3. The van der Waals surface area contributed by atoms with Crippen molar-refractivity contribution in [2.45, 2.75) is 45.4 Å². The summed E-state index contributed by atoms with van der Waals surface area (Å²) < 4.78 is 5.30. The summed E-state index contributed by atoms with van der Waals surface area (Å²) in [7, 11) is 0. The van der Waals surface area contributed by atoms with Gasteiger partial charge in [-0.05, 0) is 29.9 Å². The summed E-state index contributed by atoms with van der Waals surface area (Å²) in [6.45, 7) is 4.52. The lowest BCUT2D eigenvalue weighted by Gasteiger charge is -2.36. The van der Waals surface area contributed by atoms with Crippen LogP contribution in [0, 0.1) is 5.41 Å². The van der Waals surface area contributed by atoms with Gasteiger partial charge < -0.3 is 4.42 Å². The van der Waals surface area contributed by atoms with E-state index in [1.807, 2.05) is 0 Å². The lowest BCUT2D eigenvalue weighted by molar-refractivity contribution is 0.173. The minimum absolute atomic E-state index is 0.154. The maximum atomic E-state index is 5.63. The van der Waals surface area contributed by atoms with Crippen molar-refractivity contribution in [1.29, 1.82) is 0 Å². The average molecular weight is 215 g/mol. The fraction of sp³-hybridized carbons (Fsp3) is 0.800. The molecule has 0 amide bonds. The number of hydrogen-bond donors (Lipinski definition) is 0. The lowest BCUT2D eigenvalue weighted by atomic mass is 9.69. The molecule has 3 nitrogen and oxygen atoms in total. The van der Waals surface area contributed by atoms with E-state index in [4.69, 9.17) is 16.0 Å². The Kier molecular flexibility index (Phi) is 2.52. The molecule has 1 aromatic heterocycles. The molecule has 14 heavy (non-hydrogen) atoms. The molecular weight excluding hydrogens is 200 g/mol. The highest BCUT2D eigenvalue weighted by Gasteiger charge is 2.36. The largest absolute Gasteiger partial charge is 0.412 e. The zero-order chi connectivity index (χ0) is 10.2. The summed E-state index contributed by atoms with van der Waals surface area (Å²) in [4.78, 5) is 0. The topological polar surface area (TPSA) is 38.9 Å². The zero-order valence-electron chi connectivity index (χ0n) is 8.59. The SMILES string of the molecule is CC1(C)CCCCC1c1nnc(Cl)o1. The first kappa shape index (κ1) is 9.97. The van der Waals surface area contributed by atoms with Crippen molar-refractivity contribution in [2.75, 3.05) is 0 Å². The van der Waals surface area contributed by atoms with Gasteiger partial charge in [0.15, 0.2) is 0 Å². The number of halogens is 1. The van der Waals surface area contributed by atoms with E-state index in [1.54, 1.807) is 0 Å². The van der Waals surface area contributed by atoms with E-state index in [0.29, 0.717) is 11.8 Å². The molecule has 0 radical (unpaired) electrons. The Bertz CT molecular complexity index is 322. The predicted molar refractivity (Wildman–Crippen MR) is 54.3 cm³/mol. The third-order valence-corrected chi connectivity index (χ3v) is 3.37. The molecule has 4 heteroatoms. The third kappa shape index (κ3) is 1.78. The van der Waals surface area contributed by atoms with Crippen molar-refractivity contribution in [3.05, 3.63) is 11.2 Å². The fourth-order valence-electron chi connectivity index (χ4n) is 2.31. The van der Waals surface area contributed by atoms with Crippen LogP contribution in [0.1, 0.15) is 51.3 Å². The zero-order valence-corrected chi connectivity index (χ0v) is 9.34. The number of aromatic nitrogens is 2. The van der Waals surface area contributed by atoms with Crippen molar-refractivity contribution in [2.24, 2.45) is 5.41 Å². The van der Waals surface area contributed by atoms with E-state index in [2.05, 4.69) is 24.0 Å². The van der Waals surface area contributed by atoms with Gasteiger partial charge in [-0.25, -0.2) is 0 Å². The van der Waals surface area contributed by atoms with Gasteiger partial charge in [0.1, 0.15) is 0 Å². The third-order valence-electron chi connectivity index (χ3n) is 3.22. The van der Waals surface area contributed by atoms with Crippen LogP contribution in [0.5, 0.6) is 0 Å². The first-order valence-corrected chi connectivity index (χ1v) is 5.46. The second-order valence-corrected chi connectivity index (χ2v) is 5.00. The van der Waals surface area contributed by atoms with Gasteiger partial charge in [-0.2, -0.15) is 0 Å². The van der Waals surface area contributed by atoms with Crippen LogP contribution < -0.4 is 0 Å². The quantitative estimate of drug-likeness (QED) is 0.719. The van der Waals surface area contributed by atoms with Gasteiger partial charge in [0.2, 0.25) is 5.89 Å². The van der Waals surface area contributed by atoms with Crippen LogP contribution in [-0.4, -0.2) is 10.2 Å². The van der Waals surface area contributed by atoms with Gasteiger partial charge in [0, 0.05) is 5.92 Å². The molecule has 1 aliphatic carbocycles. The maximum absolute atomic E-state index is 5.63. The smallest absolute Gasteiger partial charge is 0.312 e. The summed E-state index contributed by atoms with van der Waals surface area (Å²) in [5.74, 6) is 1.08. The van der Waals surface area contributed by atoms with E-state index >= 15 is 0 Å². The van der Waals surface area contributed by atoms with Gasteiger partial charge in [0.25, 0.3) is 0 Å². The Morgan fingerprint density at radius 2 is 2.14 bits per heavy atom. The molecule has 1 heterocycles. The normalized spacial score (nSPS) is 26.4. The van der Waals surface area contributed by atoms with Gasteiger partial charge in [-0.3, -0.25) is 0 Å². The Morgan fingerprint density at radius 1 is 1.36 bits per heavy atom. The average Bonchev–Trinajstić information content (AvgIpc) is 2.51. The molecule has 1 atom stereocenters. The van der Waals surface area contributed by atoms with Crippen molar-refractivity contribution in [3.63, 3.8) is 0 Å². The van der Waals surface area contributed by atoms with Crippen molar-refractivity contribution >= 4 is 11.6 Å². The van der Waals surface area contributed by atoms with Crippen LogP contribution >= 0.6 is 11.6 Å². The highest BCUT2D eigenvalue weighted by Crippen LogP contribution is 2.46. The molecule has 1 unspecified atom stereocenters. The monoisotopic (exact) mass is 214 g/mol. The molecule has 1 fully saturated rings. The van der Waals surface area contributed by atoms with Gasteiger partial charge in [-0.15, -0.1) is 5.10 Å². The van der Waals surface area contributed by atoms with Crippen molar-refractivity contribution in [3.8, 4) is 0 Å². The minimum atomic E-state index is 0.154. The lowest BCUT2D eigenvalue weighted by Crippen LogP contribution is -2.26. The molecule has 2 rings (SSSR count). The molecule has 1 saturated carbocycles. The maximum Gasteiger partial charge on any atom is 0.312 e. The summed E-state index contributed by atoms with van der Waals surface area (Å²) in [5.41, 5.74) is 0.258. The van der Waals surface area contributed by atoms with E-state index in [0.717, 1.165) is 6.42 Å². The molecule has 1 aromatic rings. The summed E-state index contributed by atoms with van der Waals surface area (Å²) in [6, 6.07) is 0. The highest BCUT2D eigenvalue weighted by molar-refractivity contribution is 6.27. The Hall–Kier alpha value is -0.570. The number of rotatable bonds is 1. The van der Waals surface area contributed by atoms with Gasteiger partial charge >= 0.3 is 5.35 Å². The van der Waals surface area contributed by atoms with E-state index in [9.17, 15) is 0 Å². The predicted octanol–water partition coefficient (Wildman–Crippen LogP) is 3.41. The molecule has 0 saturated heterocycles. The van der Waals surface area contributed by atoms with Crippen LogP contribution in [0.3, 0.4) is 0 Å². The molecule has 0 aromatic carbocycles. The van der Waals surface area contributed by atoms with Crippen LogP contribution in [0.15, 0.2) is 4.42 Å². The minimum Gasteiger partial charge on any atom is -0.412 e. The van der Waals surface area contributed by atoms with Crippen LogP contribution in [-0.2, 0) is 0 Å². The Labute approximate surface area is 88.9 Å². The molecule has 0 N–H and O–H groups in total. The second-order valence-electron chi connectivity index (χ2n) is 4.68. The summed E-state index contributed by atoms with van der Waals surface area (Å²) in [6.07, 6.45) is 4.89. The van der Waals surface area contributed by atoms with Gasteiger partial charge in [-0.1, -0.05) is 31.8 Å². The van der Waals surface area contributed by atoms with E-state index in [1.165, 1.54) is 19.3 Å². The highest BCUT2D eigenvalue weighted by atomic mass is 35.5. The Balaban J connectivity index is 2.23. The first-order chi connectivity index (χ1) is 6.59. The Morgan fingerprint density at radius 3 is 2.71 bits per heavy atom. The summed E-state index contributed by atoms with van der Waals surface area (Å²) >= 11 is 5.63. The fourth-order valence-corrected chi connectivity index (χ4v) is 2.43. The van der Waals surface area contributed by atoms with E-state index < -0.39 is 0 Å². The van der Waals surface area contributed by atoms with Crippen molar-refractivity contribution < 1.29 is 4.42 Å². The van der Waals surface area contributed by atoms with Crippen molar-refractivity contribution in [1.82, 2.24) is 10.2 Å².